The van der Waals surface area contributed by atoms with Gasteiger partial charge in [0.05, 0.1) is 18.2 Å². The maximum atomic E-state index is 13.3. The summed E-state index contributed by atoms with van der Waals surface area (Å²) in [5, 5.41) is 11.3. The van der Waals surface area contributed by atoms with Crippen LogP contribution in [-0.2, 0) is 9.59 Å². The van der Waals surface area contributed by atoms with E-state index in [4.69, 9.17) is 4.74 Å². The normalized spacial score (nSPS) is 17.6. The van der Waals surface area contributed by atoms with Crippen molar-refractivity contribution in [2.75, 3.05) is 11.5 Å². The molecule has 1 aliphatic heterocycles. The highest BCUT2D eigenvalue weighted by Crippen LogP contribution is 2.43. The first-order valence-electron chi connectivity index (χ1n) is 10.6. The molecule has 3 aromatic carbocycles. The molecule has 0 saturated carbocycles. The Balaban J connectivity index is 1.94. The summed E-state index contributed by atoms with van der Waals surface area (Å²) in [4.78, 5) is 27.9. The van der Waals surface area contributed by atoms with Crippen LogP contribution in [0.15, 0.2) is 78.4 Å². The number of benzene rings is 3. The number of Topliss-reactive ketones (excluding diaryl/α,β-unsaturated/α-hetero) is 1. The number of anilines is 1. The van der Waals surface area contributed by atoms with E-state index in [1.165, 1.54) is 4.90 Å². The van der Waals surface area contributed by atoms with Crippen LogP contribution in [0.4, 0.5) is 5.69 Å². The molecule has 1 heterocycles. The van der Waals surface area contributed by atoms with Crippen molar-refractivity contribution in [2.24, 2.45) is 0 Å². The third-order valence-electron chi connectivity index (χ3n) is 5.61. The Labute approximate surface area is 187 Å². The smallest absolute Gasteiger partial charge is 0.300 e. The zero-order valence-electron chi connectivity index (χ0n) is 18.3. The van der Waals surface area contributed by atoms with Gasteiger partial charge in [-0.05, 0) is 50.1 Å². The molecule has 0 aromatic heterocycles. The lowest BCUT2D eigenvalue weighted by atomic mass is 9.93. The summed E-state index contributed by atoms with van der Waals surface area (Å²) in [6.45, 7) is 6.15. The van der Waals surface area contributed by atoms with E-state index in [1.54, 1.807) is 24.3 Å². The number of carbonyl (C=O) groups is 2. The molecular formula is C27H25NO4. The lowest BCUT2D eigenvalue weighted by Crippen LogP contribution is -2.29. The highest BCUT2D eigenvalue weighted by molar-refractivity contribution is 6.51. The summed E-state index contributed by atoms with van der Waals surface area (Å²) in [7, 11) is 0. The number of nitrogens with zero attached hydrogens (tertiary/aromatic N) is 1. The predicted octanol–water partition coefficient (Wildman–Crippen LogP) is 5.33. The molecule has 1 amide bonds. The molecule has 1 unspecified atom stereocenters. The maximum Gasteiger partial charge on any atom is 0.300 e. The fraction of sp³-hybridized carbons (Fsp3) is 0.185. The van der Waals surface area contributed by atoms with E-state index < -0.39 is 17.7 Å². The lowest BCUT2D eigenvalue weighted by Gasteiger charge is -2.26. The predicted molar refractivity (Wildman–Crippen MR) is 125 cm³/mol. The van der Waals surface area contributed by atoms with Crippen LogP contribution in [-0.4, -0.2) is 23.4 Å². The van der Waals surface area contributed by atoms with Gasteiger partial charge in [0, 0.05) is 17.3 Å². The van der Waals surface area contributed by atoms with E-state index in [1.807, 2.05) is 69.3 Å². The molecule has 1 N–H and O–H groups in total. The third kappa shape index (κ3) is 3.78. The van der Waals surface area contributed by atoms with E-state index in [0.29, 0.717) is 23.6 Å². The first-order chi connectivity index (χ1) is 15.4. The zero-order chi connectivity index (χ0) is 22.8. The van der Waals surface area contributed by atoms with Crippen molar-refractivity contribution in [2.45, 2.75) is 26.8 Å². The molecule has 3 aromatic rings. The molecule has 5 heteroatoms. The number of hydrogen-bond acceptors (Lipinski definition) is 4. The van der Waals surface area contributed by atoms with Crippen molar-refractivity contribution in [1.29, 1.82) is 0 Å². The van der Waals surface area contributed by atoms with Gasteiger partial charge in [0.1, 0.15) is 11.5 Å². The van der Waals surface area contributed by atoms with Gasteiger partial charge in [-0.3, -0.25) is 14.5 Å². The van der Waals surface area contributed by atoms with Crippen molar-refractivity contribution in [3.8, 4) is 5.75 Å². The molecule has 4 rings (SSSR count). The number of hydrogen-bond donors (Lipinski definition) is 1. The van der Waals surface area contributed by atoms with Gasteiger partial charge in [-0.25, -0.2) is 0 Å². The highest BCUT2D eigenvalue weighted by atomic mass is 16.5. The second-order valence-electron chi connectivity index (χ2n) is 7.83. The summed E-state index contributed by atoms with van der Waals surface area (Å²) in [6, 6.07) is 21.3. The number of aliphatic hydroxyl groups excluding tert-OH is 1. The van der Waals surface area contributed by atoms with E-state index in [-0.39, 0.29) is 11.3 Å². The molecule has 1 atom stereocenters. The summed E-state index contributed by atoms with van der Waals surface area (Å²) in [5.41, 5.74) is 3.67. The van der Waals surface area contributed by atoms with Crippen molar-refractivity contribution < 1.29 is 19.4 Å². The lowest BCUT2D eigenvalue weighted by molar-refractivity contribution is -0.132. The summed E-state index contributed by atoms with van der Waals surface area (Å²) in [5.74, 6) is -0.950. The van der Waals surface area contributed by atoms with Crippen LogP contribution in [0, 0.1) is 13.8 Å². The van der Waals surface area contributed by atoms with E-state index in [0.717, 1.165) is 16.7 Å². The molecule has 1 aliphatic rings. The summed E-state index contributed by atoms with van der Waals surface area (Å²) in [6.07, 6.45) is 0. The average molecular weight is 428 g/mol. The van der Waals surface area contributed by atoms with Crippen molar-refractivity contribution >= 4 is 23.1 Å². The fourth-order valence-electron chi connectivity index (χ4n) is 4.08. The Bertz CT molecular complexity index is 1210. The second-order valence-corrected chi connectivity index (χ2v) is 7.83. The number of amides is 1. The number of aliphatic hydroxyl groups is 1. The van der Waals surface area contributed by atoms with Gasteiger partial charge < -0.3 is 9.84 Å². The molecule has 0 aliphatic carbocycles. The van der Waals surface area contributed by atoms with Crippen LogP contribution in [0.2, 0.25) is 0 Å². The van der Waals surface area contributed by atoms with Gasteiger partial charge in [-0.2, -0.15) is 0 Å². The molecule has 0 radical (unpaired) electrons. The quantitative estimate of drug-likeness (QED) is 0.340. The van der Waals surface area contributed by atoms with Crippen LogP contribution in [0.5, 0.6) is 5.75 Å². The van der Waals surface area contributed by atoms with Crippen molar-refractivity contribution in [3.05, 3.63) is 101 Å². The Morgan fingerprint density at radius 2 is 1.72 bits per heavy atom. The standard InChI is InChI=1S/C27H25NO4/c1-4-32-21-12-8-11-20(16-21)28-24(19-9-6-5-7-10-19)23(26(30)27(28)31)25(29)22-15-17(2)13-14-18(22)3/h5-16,24,29H,4H2,1-3H3/b25-23+. The second kappa shape index (κ2) is 8.71. The van der Waals surface area contributed by atoms with Crippen molar-refractivity contribution in [3.63, 3.8) is 0 Å². The van der Waals surface area contributed by atoms with Crippen LogP contribution in [0.25, 0.3) is 5.76 Å². The number of aryl methyl sites for hydroxylation is 2. The third-order valence-corrected chi connectivity index (χ3v) is 5.61. The highest BCUT2D eigenvalue weighted by Gasteiger charge is 2.47. The van der Waals surface area contributed by atoms with Gasteiger partial charge in [0.2, 0.25) is 0 Å². The summed E-state index contributed by atoms with van der Waals surface area (Å²) < 4.78 is 5.60. The van der Waals surface area contributed by atoms with Crippen LogP contribution < -0.4 is 9.64 Å². The van der Waals surface area contributed by atoms with Gasteiger partial charge >= 0.3 is 0 Å². The SMILES string of the molecule is CCOc1cccc(N2C(=O)C(=O)/C(=C(/O)c3cc(C)ccc3C)C2c2ccccc2)c1. The molecule has 0 spiro atoms. The zero-order valence-corrected chi connectivity index (χ0v) is 18.3. The Kier molecular flexibility index (Phi) is 5.82. The Hall–Kier alpha value is -3.86. The number of ether oxygens (including phenoxy) is 1. The summed E-state index contributed by atoms with van der Waals surface area (Å²) >= 11 is 0. The Morgan fingerprint density at radius 3 is 2.44 bits per heavy atom. The molecular weight excluding hydrogens is 402 g/mol. The van der Waals surface area contributed by atoms with E-state index >= 15 is 0 Å². The van der Waals surface area contributed by atoms with Crippen LogP contribution >= 0.6 is 0 Å². The monoisotopic (exact) mass is 427 g/mol. The fourth-order valence-corrected chi connectivity index (χ4v) is 4.08. The topological polar surface area (TPSA) is 66.8 Å². The number of rotatable bonds is 5. The van der Waals surface area contributed by atoms with Gasteiger partial charge in [-0.15, -0.1) is 0 Å². The molecule has 1 saturated heterocycles. The van der Waals surface area contributed by atoms with Gasteiger partial charge in [-0.1, -0.05) is 54.1 Å². The van der Waals surface area contributed by atoms with E-state index in [9.17, 15) is 14.7 Å². The minimum absolute atomic E-state index is 0.0803. The van der Waals surface area contributed by atoms with Crippen LogP contribution in [0.3, 0.4) is 0 Å². The van der Waals surface area contributed by atoms with E-state index in [2.05, 4.69) is 0 Å². The number of carbonyl (C=O) groups excluding carboxylic acids is 2. The minimum atomic E-state index is -0.756. The van der Waals surface area contributed by atoms with Crippen LogP contribution in [0.1, 0.15) is 35.2 Å². The first kappa shape index (κ1) is 21.4. The minimum Gasteiger partial charge on any atom is -0.507 e. The Morgan fingerprint density at radius 1 is 0.969 bits per heavy atom. The first-order valence-corrected chi connectivity index (χ1v) is 10.6. The van der Waals surface area contributed by atoms with Gasteiger partial charge in [0.25, 0.3) is 11.7 Å². The molecule has 32 heavy (non-hydrogen) atoms. The largest absolute Gasteiger partial charge is 0.507 e. The molecule has 1 fully saturated rings. The molecule has 0 bridgehead atoms. The molecule has 162 valence electrons. The maximum absolute atomic E-state index is 13.3. The average Bonchev–Trinajstić information content (AvgIpc) is 3.06. The van der Waals surface area contributed by atoms with Crippen molar-refractivity contribution in [1.82, 2.24) is 0 Å². The number of ketones is 1. The van der Waals surface area contributed by atoms with Gasteiger partial charge in [0.15, 0.2) is 0 Å². The molecule has 5 nitrogen and oxygen atoms in total.